The molecule has 0 fully saturated rings. The van der Waals surface area contributed by atoms with E-state index in [9.17, 15) is 36.2 Å². The quantitative estimate of drug-likeness (QED) is 0.105. The average molecular weight is 605 g/mol. The Morgan fingerprint density at radius 1 is 1.07 bits per heavy atom. The van der Waals surface area contributed by atoms with Gasteiger partial charge in [-0.05, 0) is 60.4 Å². The maximum absolute atomic E-state index is 13.9. The Morgan fingerprint density at radius 3 is 2.47 bits per heavy atom. The van der Waals surface area contributed by atoms with Crippen LogP contribution in [0.2, 0.25) is 0 Å². The minimum absolute atomic E-state index is 0.0165. The first-order valence-corrected chi connectivity index (χ1v) is 13.0. The van der Waals surface area contributed by atoms with Crippen LogP contribution in [-0.2, 0) is 18.9 Å². The van der Waals surface area contributed by atoms with Gasteiger partial charge < -0.3 is 19.2 Å². The zero-order valence-electron chi connectivity index (χ0n) is 22.8. The first-order valence-electron chi connectivity index (χ1n) is 13.0. The molecule has 0 aliphatic carbocycles. The molecule has 0 saturated carbocycles. The summed E-state index contributed by atoms with van der Waals surface area (Å²) < 4.78 is 92.9. The van der Waals surface area contributed by atoms with Crippen molar-refractivity contribution in [2.24, 2.45) is 0 Å². The predicted octanol–water partition coefficient (Wildman–Crippen LogP) is 8.55. The molecular formula is C31H26F6N2O4. The summed E-state index contributed by atoms with van der Waals surface area (Å²) in [5, 5.41) is 9.64. The highest BCUT2D eigenvalue weighted by molar-refractivity contribution is 5.92. The van der Waals surface area contributed by atoms with Gasteiger partial charge in [0.1, 0.15) is 16.8 Å². The third kappa shape index (κ3) is 7.37. The van der Waals surface area contributed by atoms with Crippen LogP contribution in [-0.4, -0.2) is 29.2 Å². The SMILES string of the molecule is C=C/C=C\c1ccc(C(=O)O)c(OCCCN(Cc2ccc(C(F)(F)F)cc2C(F)(F)F)c2nc3ccccc3o2)c1C. The first-order chi connectivity index (χ1) is 20.3. The van der Waals surface area contributed by atoms with Crippen LogP contribution in [0.5, 0.6) is 5.75 Å². The number of carboxylic acid groups (broad SMARTS) is 1. The molecule has 0 bridgehead atoms. The zero-order valence-corrected chi connectivity index (χ0v) is 22.8. The summed E-state index contributed by atoms with van der Waals surface area (Å²) in [5.74, 6) is -1.07. The normalized spacial score (nSPS) is 12.2. The van der Waals surface area contributed by atoms with Gasteiger partial charge in [-0.15, -0.1) is 0 Å². The number of carboxylic acids is 1. The van der Waals surface area contributed by atoms with Crippen molar-refractivity contribution >= 4 is 29.2 Å². The molecule has 1 N–H and O–H groups in total. The summed E-state index contributed by atoms with van der Waals surface area (Å²) >= 11 is 0. The van der Waals surface area contributed by atoms with Crippen molar-refractivity contribution < 1.29 is 45.4 Å². The number of allylic oxidation sites excluding steroid dienone is 2. The van der Waals surface area contributed by atoms with Crippen molar-refractivity contribution in [1.82, 2.24) is 4.98 Å². The van der Waals surface area contributed by atoms with Gasteiger partial charge in [-0.3, -0.25) is 0 Å². The molecule has 0 spiro atoms. The molecular weight excluding hydrogens is 578 g/mol. The number of benzene rings is 3. The van der Waals surface area contributed by atoms with Crippen LogP contribution in [0.25, 0.3) is 17.2 Å². The van der Waals surface area contributed by atoms with E-state index in [1.807, 2.05) is 0 Å². The molecule has 43 heavy (non-hydrogen) atoms. The second-order valence-electron chi connectivity index (χ2n) is 9.51. The van der Waals surface area contributed by atoms with Gasteiger partial charge in [-0.1, -0.05) is 49.1 Å². The molecule has 6 nitrogen and oxygen atoms in total. The molecule has 226 valence electrons. The van der Waals surface area contributed by atoms with E-state index in [0.717, 1.165) is 6.07 Å². The second-order valence-corrected chi connectivity index (χ2v) is 9.51. The number of hydrogen-bond donors (Lipinski definition) is 1. The highest BCUT2D eigenvalue weighted by atomic mass is 19.4. The summed E-state index contributed by atoms with van der Waals surface area (Å²) in [6.45, 7) is 4.81. The maximum Gasteiger partial charge on any atom is 0.416 e. The average Bonchev–Trinajstić information content (AvgIpc) is 3.37. The molecule has 0 aliphatic rings. The van der Waals surface area contributed by atoms with Gasteiger partial charge in [0, 0.05) is 13.1 Å². The lowest BCUT2D eigenvalue weighted by molar-refractivity contribution is -0.143. The number of hydrogen-bond acceptors (Lipinski definition) is 5. The van der Waals surface area contributed by atoms with Crippen LogP contribution in [0.3, 0.4) is 0 Å². The molecule has 0 radical (unpaired) electrons. The Labute approximate surface area is 242 Å². The van der Waals surface area contributed by atoms with Gasteiger partial charge in [-0.2, -0.15) is 31.3 Å². The van der Waals surface area contributed by atoms with Gasteiger partial charge in [-0.25, -0.2) is 4.79 Å². The van der Waals surface area contributed by atoms with Crippen LogP contribution in [0.15, 0.2) is 77.7 Å². The minimum Gasteiger partial charge on any atom is -0.492 e. The van der Waals surface area contributed by atoms with Crippen molar-refractivity contribution in [2.75, 3.05) is 18.1 Å². The van der Waals surface area contributed by atoms with Crippen molar-refractivity contribution in [2.45, 2.75) is 32.2 Å². The minimum atomic E-state index is -5.05. The van der Waals surface area contributed by atoms with Gasteiger partial charge in [0.25, 0.3) is 6.01 Å². The van der Waals surface area contributed by atoms with Gasteiger partial charge in [0.15, 0.2) is 5.58 Å². The molecule has 0 saturated heterocycles. The molecule has 0 atom stereocenters. The van der Waals surface area contributed by atoms with Crippen molar-refractivity contribution in [3.63, 3.8) is 0 Å². The lowest BCUT2D eigenvalue weighted by Gasteiger charge is -2.24. The number of para-hydroxylation sites is 2. The van der Waals surface area contributed by atoms with Crippen LogP contribution in [0.1, 0.15) is 44.6 Å². The fraction of sp³-hybridized carbons (Fsp3) is 0.226. The molecule has 1 heterocycles. The van der Waals surface area contributed by atoms with E-state index in [1.54, 1.807) is 55.5 Å². The van der Waals surface area contributed by atoms with E-state index in [-0.39, 0.29) is 43.0 Å². The smallest absolute Gasteiger partial charge is 0.416 e. The number of oxazole rings is 1. The van der Waals surface area contributed by atoms with Crippen LogP contribution in [0.4, 0.5) is 32.4 Å². The molecule has 4 rings (SSSR count). The number of fused-ring (bicyclic) bond motifs is 1. The Balaban J connectivity index is 1.62. The largest absolute Gasteiger partial charge is 0.492 e. The number of nitrogens with zero attached hydrogens (tertiary/aromatic N) is 2. The number of anilines is 1. The van der Waals surface area contributed by atoms with Crippen LogP contribution < -0.4 is 9.64 Å². The van der Waals surface area contributed by atoms with Gasteiger partial charge in [0.2, 0.25) is 0 Å². The molecule has 0 amide bonds. The molecule has 12 heteroatoms. The number of aromatic carboxylic acids is 1. The summed E-state index contributed by atoms with van der Waals surface area (Å²) in [4.78, 5) is 17.5. The Bertz CT molecular complexity index is 1620. The lowest BCUT2D eigenvalue weighted by atomic mass is 10.0. The summed E-state index contributed by atoms with van der Waals surface area (Å²) in [5.41, 5.74) is -1.24. The molecule has 0 unspecified atom stereocenters. The van der Waals surface area contributed by atoms with E-state index in [2.05, 4.69) is 11.6 Å². The van der Waals surface area contributed by atoms with Crippen molar-refractivity contribution in [1.29, 1.82) is 0 Å². The Morgan fingerprint density at radius 2 is 1.81 bits per heavy atom. The van der Waals surface area contributed by atoms with Gasteiger partial charge in [0.05, 0.1) is 17.7 Å². The Hall–Kier alpha value is -4.74. The predicted molar refractivity (Wildman–Crippen MR) is 149 cm³/mol. The number of carbonyl (C=O) groups is 1. The first kappa shape index (κ1) is 31.2. The van der Waals surface area contributed by atoms with E-state index >= 15 is 0 Å². The molecule has 1 aromatic heterocycles. The lowest BCUT2D eigenvalue weighted by Crippen LogP contribution is -2.27. The molecule has 0 aliphatic heterocycles. The topological polar surface area (TPSA) is 75.8 Å². The molecule has 3 aromatic carbocycles. The summed E-state index contributed by atoms with van der Waals surface area (Å²) in [7, 11) is 0. The maximum atomic E-state index is 13.9. The second kappa shape index (κ2) is 12.6. The zero-order chi connectivity index (χ0) is 31.4. The number of rotatable bonds is 11. The number of alkyl halides is 6. The highest BCUT2D eigenvalue weighted by Crippen LogP contribution is 2.38. The third-order valence-electron chi connectivity index (χ3n) is 6.57. The Kier molecular flexibility index (Phi) is 9.17. The highest BCUT2D eigenvalue weighted by Gasteiger charge is 2.38. The van der Waals surface area contributed by atoms with Crippen molar-refractivity contribution in [3.05, 3.63) is 107 Å². The standard InChI is InChI=1S/C31H26F6N2O4/c1-3-4-8-20-12-14-23(28(40)41)27(19(20)2)42-16-7-15-39(29-38-25-9-5-6-10-26(25)43-29)18-21-11-13-22(30(32,33)34)17-24(21)31(35,36)37/h3-6,8-14,17H,1,7,15-16,18H2,2H3,(H,40,41)/b8-4-. The van der Waals surface area contributed by atoms with Crippen LogP contribution >= 0.6 is 0 Å². The monoisotopic (exact) mass is 604 g/mol. The summed E-state index contributed by atoms with van der Waals surface area (Å²) in [6.07, 6.45) is -4.86. The van der Waals surface area contributed by atoms with E-state index < -0.39 is 41.6 Å². The van der Waals surface area contributed by atoms with Crippen molar-refractivity contribution in [3.8, 4) is 5.75 Å². The number of aromatic nitrogens is 1. The van der Waals surface area contributed by atoms with Gasteiger partial charge >= 0.3 is 18.3 Å². The molecule has 4 aromatic rings. The third-order valence-corrected chi connectivity index (χ3v) is 6.57. The summed E-state index contributed by atoms with van der Waals surface area (Å²) in [6, 6.07) is 11.1. The number of ether oxygens (including phenoxy) is 1. The van der Waals surface area contributed by atoms with E-state index in [4.69, 9.17) is 9.15 Å². The number of halogens is 6. The van der Waals surface area contributed by atoms with E-state index in [0.29, 0.717) is 28.3 Å². The van der Waals surface area contributed by atoms with E-state index in [1.165, 1.54) is 11.0 Å². The fourth-order valence-corrected chi connectivity index (χ4v) is 4.44. The fourth-order valence-electron chi connectivity index (χ4n) is 4.44. The van der Waals surface area contributed by atoms with Crippen LogP contribution in [0, 0.1) is 6.92 Å².